The van der Waals surface area contributed by atoms with Gasteiger partial charge in [0.05, 0.1) is 6.10 Å². The van der Waals surface area contributed by atoms with Crippen LogP contribution in [0.15, 0.2) is 78.5 Å². The van der Waals surface area contributed by atoms with E-state index >= 15 is 0 Å². The van der Waals surface area contributed by atoms with Gasteiger partial charge in [-0.15, -0.1) is 0 Å². The Labute approximate surface area is 165 Å². The number of allylic oxidation sites excluding steroid dienone is 2. The van der Waals surface area contributed by atoms with Crippen molar-refractivity contribution in [2.45, 2.75) is 18.9 Å². The molecule has 3 rings (SSSR count). The summed E-state index contributed by atoms with van der Waals surface area (Å²) in [6.07, 6.45) is 7.22. The fraction of sp³-hybridized carbons (Fsp3) is 0.217. The van der Waals surface area contributed by atoms with E-state index in [2.05, 4.69) is 10.6 Å². The van der Waals surface area contributed by atoms with Crippen LogP contribution in [0, 0.1) is 0 Å². The van der Waals surface area contributed by atoms with Crippen LogP contribution in [-0.4, -0.2) is 31.1 Å². The Kier molecular flexibility index (Phi) is 7.15. The van der Waals surface area contributed by atoms with Gasteiger partial charge < -0.3 is 15.4 Å². The maximum atomic E-state index is 12.6. The fourth-order valence-corrected chi connectivity index (χ4v) is 2.88. The first-order valence-electron chi connectivity index (χ1n) is 9.42. The number of nitrogens with one attached hydrogen (secondary N) is 2. The smallest absolute Gasteiger partial charge is 0.267 e. The number of carbonyl (C=O) groups excluding carboxylic acids is 2. The van der Waals surface area contributed by atoms with E-state index in [-0.39, 0.29) is 23.6 Å². The van der Waals surface area contributed by atoms with E-state index in [0.29, 0.717) is 12.1 Å². The normalized spacial score (nSPS) is 16.9. The van der Waals surface area contributed by atoms with Gasteiger partial charge in [0.1, 0.15) is 5.70 Å². The second-order valence-electron chi connectivity index (χ2n) is 6.52. The number of rotatable bonds is 7. The van der Waals surface area contributed by atoms with Crippen LogP contribution in [0.4, 0.5) is 0 Å². The molecule has 144 valence electrons. The topological polar surface area (TPSA) is 67.4 Å². The lowest BCUT2D eigenvalue weighted by molar-refractivity contribution is -0.118. The average Bonchev–Trinajstić information content (AvgIpc) is 3.26. The molecule has 1 fully saturated rings. The molecule has 2 aromatic rings. The van der Waals surface area contributed by atoms with Gasteiger partial charge >= 0.3 is 0 Å². The van der Waals surface area contributed by atoms with Crippen molar-refractivity contribution in [3.05, 3.63) is 89.6 Å². The van der Waals surface area contributed by atoms with Crippen molar-refractivity contribution < 1.29 is 14.3 Å². The first-order valence-corrected chi connectivity index (χ1v) is 9.42. The van der Waals surface area contributed by atoms with Crippen LogP contribution < -0.4 is 10.6 Å². The zero-order valence-corrected chi connectivity index (χ0v) is 15.6. The van der Waals surface area contributed by atoms with E-state index in [1.165, 1.54) is 0 Å². The number of hydrogen-bond acceptors (Lipinski definition) is 3. The Morgan fingerprint density at radius 2 is 1.75 bits per heavy atom. The van der Waals surface area contributed by atoms with Crippen molar-refractivity contribution in [1.29, 1.82) is 0 Å². The maximum Gasteiger partial charge on any atom is 0.267 e. The largest absolute Gasteiger partial charge is 0.376 e. The summed E-state index contributed by atoms with van der Waals surface area (Å²) in [7, 11) is 0. The number of carbonyl (C=O) groups is 2. The molecule has 1 saturated heterocycles. The molecule has 1 aliphatic rings. The molecule has 5 nitrogen and oxygen atoms in total. The van der Waals surface area contributed by atoms with Gasteiger partial charge in [-0.05, 0) is 36.6 Å². The summed E-state index contributed by atoms with van der Waals surface area (Å²) in [4.78, 5) is 25.1. The molecule has 1 unspecified atom stereocenters. The predicted octanol–water partition coefficient (Wildman–Crippen LogP) is 3.31. The molecule has 1 heterocycles. The molecule has 28 heavy (non-hydrogen) atoms. The Bertz CT molecular complexity index is 839. The average molecular weight is 376 g/mol. The summed E-state index contributed by atoms with van der Waals surface area (Å²) in [5.41, 5.74) is 1.69. The van der Waals surface area contributed by atoms with Crippen LogP contribution in [0.25, 0.3) is 6.08 Å². The third-order valence-electron chi connectivity index (χ3n) is 4.39. The van der Waals surface area contributed by atoms with E-state index in [9.17, 15) is 9.59 Å². The van der Waals surface area contributed by atoms with E-state index in [4.69, 9.17) is 4.74 Å². The summed E-state index contributed by atoms with van der Waals surface area (Å²) in [6, 6.07) is 18.6. The minimum Gasteiger partial charge on any atom is -0.376 e. The molecule has 1 atom stereocenters. The lowest BCUT2D eigenvalue weighted by Gasteiger charge is -2.13. The van der Waals surface area contributed by atoms with Gasteiger partial charge in [-0.1, -0.05) is 60.7 Å². The Hall–Kier alpha value is -3.18. The molecule has 5 heteroatoms. The number of amides is 2. The molecule has 0 aliphatic carbocycles. The van der Waals surface area contributed by atoms with Gasteiger partial charge in [-0.25, -0.2) is 0 Å². The van der Waals surface area contributed by atoms with Crippen molar-refractivity contribution in [2.24, 2.45) is 0 Å². The first kappa shape index (κ1) is 19.6. The highest BCUT2D eigenvalue weighted by molar-refractivity contribution is 6.03. The molecule has 0 spiro atoms. The van der Waals surface area contributed by atoms with E-state index in [1.54, 1.807) is 36.4 Å². The SMILES string of the molecule is O=C(NCC1CCCO1)C(=CC=Cc1ccccc1)NC(=O)c1ccccc1. The highest BCUT2D eigenvalue weighted by Gasteiger charge is 2.18. The van der Waals surface area contributed by atoms with Crippen molar-refractivity contribution in [2.75, 3.05) is 13.2 Å². The monoisotopic (exact) mass is 376 g/mol. The van der Waals surface area contributed by atoms with Gasteiger partial charge in [-0.3, -0.25) is 9.59 Å². The summed E-state index contributed by atoms with van der Waals surface area (Å²) >= 11 is 0. The number of benzene rings is 2. The number of ether oxygens (including phenoxy) is 1. The predicted molar refractivity (Wildman–Crippen MR) is 109 cm³/mol. The molecule has 0 aromatic heterocycles. The number of hydrogen-bond donors (Lipinski definition) is 2. The lowest BCUT2D eigenvalue weighted by Crippen LogP contribution is -2.38. The first-order chi connectivity index (χ1) is 13.7. The van der Waals surface area contributed by atoms with Crippen LogP contribution >= 0.6 is 0 Å². The Balaban J connectivity index is 1.70. The van der Waals surface area contributed by atoms with Gasteiger partial charge in [0, 0.05) is 18.7 Å². The molecular formula is C23H24N2O3. The Morgan fingerprint density at radius 3 is 2.43 bits per heavy atom. The van der Waals surface area contributed by atoms with Gasteiger partial charge in [0.15, 0.2) is 0 Å². The Morgan fingerprint density at radius 1 is 1.04 bits per heavy atom. The minimum absolute atomic E-state index is 0.0369. The van der Waals surface area contributed by atoms with Crippen LogP contribution in [-0.2, 0) is 9.53 Å². The molecule has 2 aromatic carbocycles. The van der Waals surface area contributed by atoms with Crippen molar-refractivity contribution >= 4 is 17.9 Å². The standard InChI is InChI=1S/C23H24N2O3/c26-22(19-12-5-2-6-13-19)25-21(15-7-11-18-9-3-1-4-10-18)23(27)24-17-20-14-8-16-28-20/h1-7,9-13,15,20H,8,14,16-17H2,(H,24,27)(H,25,26). The molecule has 2 N–H and O–H groups in total. The lowest BCUT2D eigenvalue weighted by atomic mass is 10.2. The summed E-state index contributed by atoms with van der Waals surface area (Å²) in [6.45, 7) is 1.16. The van der Waals surface area contributed by atoms with Gasteiger partial charge in [0.2, 0.25) is 0 Å². The molecular weight excluding hydrogens is 352 g/mol. The second kappa shape index (κ2) is 10.2. The van der Waals surface area contributed by atoms with Crippen LogP contribution in [0.3, 0.4) is 0 Å². The molecule has 0 bridgehead atoms. The summed E-state index contributed by atoms with van der Waals surface area (Å²) in [5.74, 6) is -0.662. The second-order valence-corrected chi connectivity index (χ2v) is 6.52. The van der Waals surface area contributed by atoms with Crippen molar-refractivity contribution in [3.8, 4) is 0 Å². The quantitative estimate of drug-likeness (QED) is 0.575. The minimum atomic E-state index is -0.336. The zero-order chi connectivity index (χ0) is 19.6. The van der Waals surface area contributed by atoms with Crippen molar-refractivity contribution in [3.63, 3.8) is 0 Å². The molecule has 1 aliphatic heterocycles. The molecule has 0 saturated carbocycles. The van der Waals surface area contributed by atoms with Crippen LogP contribution in [0.2, 0.25) is 0 Å². The molecule has 0 radical (unpaired) electrons. The summed E-state index contributed by atoms with van der Waals surface area (Å²) < 4.78 is 5.54. The maximum absolute atomic E-state index is 12.6. The third-order valence-corrected chi connectivity index (χ3v) is 4.39. The highest BCUT2D eigenvalue weighted by atomic mass is 16.5. The van der Waals surface area contributed by atoms with E-state index < -0.39 is 0 Å². The van der Waals surface area contributed by atoms with E-state index in [1.807, 2.05) is 42.5 Å². The fourth-order valence-electron chi connectivity index (χ4n) is 2.88. The van der Waals surface area contributed by atoms with E-state index in [0.717, 1.165) is 25.0 Å². The van der Waals surface area contributed by atoms with Gasteiger partial charge in [-0.2, -0.15) is 0 Å². The third kappa shape index (κ3) is 5.93. The van der Waals surface area contributed by atoms with Crippen molar-refractivity contribution in [1.82, 2.24) is 10.6 Å². The van der Waals surface area contributed by atoms with Gasteiger partial charge in [0.25, 0.3) is 11.8 Å². The van der Waals surface area contributed by atoms with Crippen LogP contribution in [0.1, 0.15) is 28.8 Å². The zero-order valence-electron chi connectivity index (χ0n) is 15.6. The highest BCUT2D eigenvalue weighted by Crippen LogP contribution is 2.11. The van der Waals surface area contributed by atoms with Crippen LogP contribution in [0.5, 0.6) is 0 Å². The molecule has 2 amide bonds. The summed E-state index contributed by atoms with van der Waals surface area (Å²) in [5, 5.41) is 5.56.